The number of aromatic nitrogens is 1. The maximum atomic E-state index is 13.0. The minimum Gasteiger partial charge on any atom is -0.353 e. The van der Waals surface area contributed by atoms with Gasteiger partial charge in [-0.25, -0.2) is 4.39 Å². The average molecular weight is 204 g/mol. The molecule has 0 saturated carbocycles. The molecule has 1 aromatic heterocycles. The summed E-state index contributed by atoms with van der Waals surface area (Å²) in [5, 5.41) is 3.91. The van der Waals surface area contributed by atoms with Gasteiger partial charge in [-0.3, -0.25) is 0 Å². The Balaban J connectivity index is 2.81. The Hall–Kier alpha value is -1.16. The maximum Gasteiger partial charge on any atom is 0.205 e. The number of hydrogen-bond acceptors (Lipinski definition) is 2. The van der Waals surface area contributed by atoms with Crippen LogP contribution in [0.5, 0.6) is 0 Å². The molecule has 0 saturated heterocycles. The Morgan fingerprint density at radius 2 is 2.15 bits per heavy atom. The van der Waals surface area contributed by atoms with E-state index in [2.05, 4.69) is 9.68 Å². The van der Waals surface area contributed by atoms with E-state index in [4.69, 9.17) is 11.6 Å². The van der Waals surface area contributed by atoms with Crippen LogP contribution in [0.4, 0.5) is 8.78 Å². The molecule has 0 spiro atoms. The highest BCUT2D eigenvalue weighted by molar-refractivity contribution is 6.17. The van der Waals surface area contributed by atoms with Crippen molar-refractivity contribution in [2.24, 2.45) is 0 Å². The highest BCUT2D eigenvalue weighted by Gasteiger charge is 2.14. The van der Waals surface area contributed by atoms with E-state index < -0.39 is 11.6 Å². The van der Waals surface area contributed by atoms with Gasteiger partial charge in [-0.1, -0.05) is 5.16 Å². The number of fused-ring (bicyclic) bond motifs is 1. The van der Waals surface area contributed by atoms with Crippen LogP contribution in [0.1, 0.15) is 5.69 Å². The van der Waals surface area contributed by atoms with Gasteiger partial charge >= 0.3 is 0 Å². The predicted molar refractivity (Wildman–Crippen MR) is 43.5 cm³/mol. The quantitative estimate of drug-likeness (QED) is 0.666. The largest absolute Gasteiger partial charge is 0.353 e. The number of alkyl halides is 1. The number of nitrogens with zero attached hydrogens (tertiary/aromatic N) is 1. The van der Waals surface area contributed by atoms with Crippen LogP contribution in [0.3, 0.4) is 0 Å². The molecule has 1 aromatic carbocycles. The topological polar surface area (TPSA) is 26.0 Å². The molecule has 13 heavy (non-hydrogen) atoms. The van der Waals surface area contributed by atoms with Crippen molar-refractivity contribution in [3.8, 4) is 0 Å². The highest BCUT2D eigenvalue weighted by Crippen LogP contribution is 2.23. The standard InChI is InChI=1S/C8H4ClF2NO/c9-3-6-4-1-2-5(10)7(11)8(4)13-12-6/h1-2H,3H2. The first-order valence-electron chi connectivity index (χ1n) is 3.52. The molecule has 0 aliphatic carbocycles. The van der Waals surface area contributed by atoms with Gasteiger partial charge in [-0.2, -0.15) is 4.39 Å². The van der Waals surface area contributed by atoms with Gasteiger partial charge in [0.25, 0.3) is 0 Å². The molecule has 68 valence electrons. The van der Waals surface area contributed by atoms with Gasteiger partial charge in [0, 0.05) is 5.39 Å². The Kier molecular flexibility index (Phi) is 1.92. The number of hydrogen-bond donors (Lipinski definition) is 0. The van der Waals surface area contributed by atoms with E-state index in [9.17, 15) is 8.78 Å². The van der Waals surface area contributed by atoms with E-state index in [1.54, 1.807) is 0 Å². The third-order valence-electron chi connectivity index (χ3n) is 1.73. The number of benzene rings is 1. The lowest BCUT2D eigenvalue weighted by molar-refractivity contribution is 0.422. The third-order valence-corrected chi connectivity index (χ3v) is 1.99. The van der Waals surface area contributed by atoms with Crippen molar-refractivity contribution >= 4 is 22.6 Å². The molecule has 2 nitrogen and oxygen atoms in total. The van der Waals surface area contributed by atoms with Crippen LogP contribution in [0.15, 0.2) is 16.7 Å². The summed E-state index contributed by atoms with van der Waals surface area (Å²) >= 11 is 5.50. The summed E-state index contributed by atoms with van der Waals surface area (Å²) < 4.78 is 30.3. The van der Waals surface area contributed by atoms with Gasteiger partial charge in [-0.05, 0) is 12.1 Å². The lowest BCUT2D eigenvalue weighted by Crippen LogP contribution is -1.83. The average Bonchev–Trinajstić information content (AvgIpc) is 2.55. The summed E-state index contributed by atoms with van der Waals surface area (Å²) in [6.45, 7) is 0. The summed E-state index contributed by atoms with van der Waals surface area (Å²) in [5.74, 6) is -1.87. The molecular weight excluding hydrogens is 200 g/mol. The van der Waals surface area contributed by atoms with E-state index >= 15 is 0 Å². The van der Waals surface area contributed by atoms with Crippen LogP contribution in [-0.2, 0) is 5.88 Å². The second-order valence-electron chi connectivity index (χ2n) is 2.50. The van der Waals surface area contributed by atoms with Crippen molar-refractivity contribution in [3.63, 3.8) is 0 Å². The first-order valence-corrected chi connectivity index (χ1v) is 4.05. The van der Waals surface area contributed by atoms with Crippen LogP contribution < -0.4 is 0 Å². The molecule has 1 heterocycles. The zero-order valence-corrected chi connectivity index (χ0v) is 7.11. The second kappa shape index (κ2) is 2.96. The molecule has 2 rings (SSSR count). The van der Waals surface area contributed by atoms with Crippen molar-refractivity contribution in [3.05, 3.63) is 29.5 Å². The lowest BCUT2D eigenvalue weighted by atomic mass is 10.2. The first-order chi connectivity index (χ1) is 6.24. The zero-order valence-electron chi connectivity index (χ0n) is 6.35. The smallest absolute Gasteiger partial charge is 0.205 e. The fraction of sp³-hybridized carbons (Fsp3) is 0.125. The Bertz CT molecular complexity index is 455. The molecule has 0 aliphatic rings. The molecule has 0 aliphatic heterocycles. The highest BCUT2D eigenvalue weighted by atomic mass is 35.5. The SMILES string of the molecule is Fc1ccc2c(CCl)noc2c1F. The van der Waals surface area contributed by atoms with Gasteiger partial charge in [0.1, 0.15) is 5.69 Å². The van der Waals surface area contributed by atoms with Crippen molar-refractivity contribution in [2.75, 3.05) is 0 Å². The molecule has 0 atom stereocenters. The number of halogens is 3. The molecule has 0 radical (unpaired) electrons. The summed E-state index contributed by atoms with van der Waals surface area (Å²) in [6.07, 6.45) is 0. The first kappa shape index (κ1) is 8.44. The Morgan fingerprint density at radius 1 is 1.38 bits per heavy atom. The Labute approximate surface area is 77.1 Å². The van der Waals surface area contributed by atoms with Crippen LogP contribution in [0.2, 0.25) is 0 Å². The van der Waals surface area contributed by atoms with Gasteiger partial charge in [0.2, 0.25) is 11.4 Å². The van der Waals surface area contributed by atoms with Crippen LogP contribution >= 0.6 is 11.6 Å². The van der Waals surface area contributed by atoms with Crippen molar-refractivity contribution < 1.29 is 13.3 Å². The van der Waals surface area contributed by atoms with Crippen LogP contribution in [-0.4, -0.2) is 5.16 Å². The van der Waals surface area contributed by atoms with Crippen molar-refractivity contribution in [1.82, 2.24) is 5.16 Å². The van der Waals surface area contributed by atoms with Crippen LogP contribution in [0, 0.1) is 11.6 Å². The molecule has 0 unspecified atom stereocenters. The Morgan fingerprint density at radius 3 is 2.85 bits per heavy atom. The molecule has 2 aromatic rings. The van der Waals surface area contributed by atoms with E-state index in [-0.39, 0.29) is 11.5 Å². The minimum absolute atomic E-state index is 0.109. The van der Waals surface area contributed by atoms with Gasteiger partial charge < -0.3 is 4.52 Å². The molecule has 0 bridgehead atoms. The van der Waals surface area contributed by atoms with E-state index in [1.165, 1.54) is 6.07 Å². The zero-order chi connectivity index (χ0) is 9.42. The van der Waals surface area contributed by atoms with Crippen molar-refractivity contribution in [2.45, 2.75) is 5.88 Å². The van der Waals surface area contributed by atoms with Gasteiger partial charge in [0.15, 0.2) is 5.82 Å². The monoisotopic (exact) mass is 203 g/mol. The van der Waals surface area contributed by atoms with E-state index in [0.717, 1.165) is 6.07 Å². The molecule has 0 N–H and O–H groups in total. The third kappa shape index (κ3) is 1.18. The van der Waals surface area contributed by atoms with E-state index in [1.807, 2.05) is 0 Å². The number of rotatable bonds is 1. The summed E-state index contributed by atoms with van der Waals surface area (Å²) in [7, 11) is 0. The minimum atomic E-state index is -1.03. The second-order valence-corrected chi connectivity index (χ2v) is 2.77. The maximum absolute atomic E-state index is 13.0. The molecule has 0 fully saturated rings. The molecule has 5 heteroatoms. The normalized spacial score (nSPS) is 11.0. The van der Waals surface area contributed by atoms with Crippen LogP contribution in [0.25, 0.3) is 11.0 Å². The summed E-state index contributed by atoms with van der Waals surface area (Å²) in [5.41, 5.74) is 0.228. The lowest BCUT2D eigenvalue weighted by Gasteiger charge is -1.91. The molecular formula is C8H4ClF2NO. The fourth-order valence-corrected chi connectivity index (χ4v) is 1.29. The fourth-order valence-electron chi connectivity index (χ4n) is 1.09. The van der Waals surface area contributed by atoms with E-state index in [0.29, 0.717) is 11.1 Å². The van der Waals surface area contributed by atoms with Gasteiger partial charge in [-0.15, -0.1) is 11.6 Å². The van der Waals surface area contributed by atoms with Crippen molar-refractivity contribution in [1.29, 1.82) is 0 Å². The predicted octanol–water partition coefficient (Wildman–Crippen LogP) is 2.84. The summed E-state index contributed by atoms with van der Waals surface area (Å²) in [4.78, 5) is 0. The van der Waals surface area contributed by atoms with Gasteiger partial charge in [0.05, 0.1) is 5.88 Å². The summed E-state index contributed by atoms with van der Waals surface area (Å²) in [6, 6.07) is 2.41. The molecule has 0 amide bonds.